The Morgan fingerprint density at radius 2 is 2.07 bits per heavy atom. The van der Waals surface area contributed by atoms with E-state index >= 15 is 0 Å². The van der Waals surface area contributed by atoms with Gasteiger partial charge in [-0.1, -0.05) is 12.1 Å². The van der Waals surface area contributed by atoms with Crippen LogP contribution >= 0.6 is 0 Å². The minimum absolute atomic E-state index is 0.219. The van der Waals surface area contributed by atoms with Gasteiger partial charge < -0.3 is 15.2 Å². The van der Waals surface area contributed by atoms with Crippen LogP contribution in [0, 0.1) is 0 Å². The molecular formula is C10H9NO4. The van der Waals surface area contributed by atoms with E-state index < -0.39 is 12.1 Å². The maximum atomic E-state index is 10.8. The number of alkyl carbamates (subject to hydrolysis) is 1. The Hall–Kier alpha value is -2.04. The molecule has 1 aromatic carbocycles. The normalized spacial score (nSPS) is 19.5. The molecule has 2 rings (SSSR count). The molecule has 2 N–H and O–H groups in total. The van der Waals surface area contributed by atoms with Crippen LogP contribution in [0.2, 0.25) is 0 Å². The third-order valence-corrected chi connectivity index (χ3v) is 2.21. The summed E-state index contributed by atoms with van der Waals surface area (Å²) in [5.41, 5.74) is 1.01. The van der Waals surface area contributed by atoms with Gasteiger partial charge in [0.15, 0.2) is 0 Å². The van der Waals surface area contributed by atoms with Crippen molar-refractivity contribution in [3.8, 4) is 0 Å². The van der Waals surface area contributed by atoms with Crippen LogP contribution in [0.15, 0.2) is 24.3 Å². The quantitative estimate of drug-likeness (QED) is 0.763. The second-order valence-corrected chi connectivity index (χ2v) is 3.20. The first-order valence-electron chi connectivity index (χ1n) is 4.44. The predicted molar refractivity (Wildman–Crippen MR) is 50.6 cm³/mol. The number of ether oxygens (including phenoxy) is 1. The molecule has 0 saturated carbocycles. The smallest absolute Gasteiger partial charge is 0.407 e. The highest BCUT2D eigenvalue weighted by atomic mass is 16.6. The third kappa shape index (κ3) is 1.90. The SMILES string of the molecule is O=C1NCC(c2ccc(C(=O)O)cc2)O1. The van der Waals surface area contributed by atoms with Gasteiger partial charge in [0, 0.05) is 0 Å². The number of hydrogen-bond acceptors (Lipinski definition) is 3. The van der Waals surface area contributed by atoms with E-state index in [2.05, 4.69) is 5.32 Å². The van der Waals surface area contributed by atoms with Crippen LogP contribution in [0.4, 0.5) is 4.79 Å². The van der Waals surface area contributed by atoms with Gasteiger partial charge in [-0.2, -0.15) is 0 Å². The number of carbonyl (C=O) groups is 2. The molecule has 1 amide bonds. The van der Waals surface area contributed by atoms with E-state index in [0.717, 1.165) is 5.56 Å². The summed E-state index contributed by atoms with van der Waals surface area (Å²) in [5.74, 6) is -0.969. The molecule has 78 valence electrons. The molecule has 0 aromatic heterocycles. The lowest BCUT2D eigenvalue weighted by atomic mass is 10.1. The van der Waals surface area contributed by atoms with Gasteiger partial charge in [0.2, 0.25) is 0 Å². The average molecular weight is 207 g/mol. The van der Waals surface area contributed by atoms with Crippen LogP contribution in [0.5, 0.6) is 0 Å². The van der Waals surface area contributed by atoms with Crippen molar-refractivity contribution in [3.05, 3.63) is 35.4 Å². The second kappa shape index (κ2) is 3.61. The number of carbonyl (C=O) groups excluding carboxylic acids is 1. The lowest BCUT2D eigenvalue weighted by molar-refractivity contribution is 0.0696. The van der Waals surface area contributed by atoms with Gasteiger partial charge in [-0.25, -0.2) is 9.59 Å². The van der Waals surface area contributed by atoms with Crippen molar-refractivity contribution >= 4 is 12.1 Å². The van der Waals surface area contributed by atoms with Gasteiger partial charge in [0.1, 0.15) is 6.10 Å². The topological polar surface area (TPSA) is 75.6 Å². The van der Waals surface area contributed by atoms with Crippen molar-refractivity contribution in [3.63, 3.8) is 0 Å². The molecule has 15 heavy (non-hydrogen) atoms. The molecule has 0 aliphatic carbocycles. The zero-order valence-corrected chi connectivity index (χ0v) is 7.77. The molecule has 5 nitrogen and oxygen atoms in total. The van der Waals surface area contributed by atoms with Gasteiger partial charge in [-0.15, -0.1) is 0 Å². The van der Waals surface area contributed by atoms with Crippen molar-refractivity contribution in [2.45, 2.75) is 6.10 Å². The Bertz CT molecular complexity index is 398. The molecule has 1 aliphatic heterocycles. The first kappa shape index (κ1) is 9.51. The lowest BCUT2D eigenvalue weighted by Gasteiger charge is -2.07. The summed E-state index contributed by atoms with van der Waals surface area (Å²) < 4.78 is 4.95. The number of nitrogens with one attached hydrogen (secondary N) is 1. The highest BCUT2D eigenvalue weighted by Crippen LogP contribution is 2.20. The number of carboxylic acids is 1. The van der Waals surface area contributed by atoms with Crippen LogP contribution in [-0.2, 0) is 4.74 Å². The number of rotatable bonds is 2. The monoisotopic (exact) mass is 207 g/mol. The number of aromatic carboxylic acids is 1. The van der Waals surface area contributed by atoms with E-state index in [1.54, 1.807) is 12.1 Å². The Kier molecular flexibility index (Phi) is 2.29. The second-order valence-electron chi connectivity index (χ2n) is 3.20. The lowest BCUT2D eigenvalue weighted by Crippen LogP contribution is -2.12. The zero-order valence-electron chi connectivity index (χ0n) is 7.77. The number of cyclic esters (lactones) is 1. The van der Waals surface area contributed by atoms with Gasteiger partial charge in [0.25, 0.3) is 0 Å². The predicted octanol–water partition coefficient (Wildman–Crippen LogP) is 1.17. The molecule has 5 heteroatoms. The molecular weight excluding hydrogens is 198 g/mol. The summed E-state index contributed by atoms with van der Waals surface area (Å²) in [5, 5.41) is 11.2. The fourth-order valence-electron chi connectivity index (χ4n) is 1.41. The summed E-state index contributed by atoms with van der Waals surface area (Å²) in [6.45, 7) is 0.422. The summed E-state index contributed by atoms with van der Waals surface area (Å²) in [7, 11) is 0. The highest BCUT2D eigenvalue weighted by molar-refractivity contribution is 5.87. The molecule has 1 aromatic rings. The van der Waals surface area contributed by atoms with E-state index in [-0.39, 0.29) is 11.7 Å². The molecule has 1 aliphatic rings. The minimum Gasteiger partial charge on any atom is -0.478 e. The number of benzene rings is 1. The largest absolute Gasteiger partial charge is 0.478 e. The molecule has 1 unspecified atom stereocenters. The molecule has 0 bridgehead atoms. The van der Waals surface area contributed by atoms with E-state index in [0.29, 0.717) is 6.54 Å². The van der Waals surface area contributed by atoms with Gasteiger partial charge in [0.05, 0.1) is 12.1 Å². The summed E-state index contributed by atoms with van der Waals surface area (Å²) in [6, 6.07) is 6.27. The maximum Gasteiger partial charge on any atom is 0.407 e. The van der Waals surface area contributed by atoms with E-state index in [1.165, 1.54) is 12.1 Å². The standard InChI is InChI=1S/C10H9NO4/c12-9(13)7-3-1-6(2-4-7)8-5-11-10(14)15-8/h1-4,8H,5H2,(H,11,14)(H,12,13). The van der Waals surface area contributed by atoms with E-state index in [1.807, 2.05) is 0 Å². The summed E-state index contributed by atoms with van der Waals surface area (Å²) >= 11 is 0. The molecule has 0 spiro atoms. The fourth-order valence-corrected chi connectivity index (χ4v) is 1.41. The van der Waals surface area contributed by atoms with Gasteiger partial charge in [-0.05, 0) is 17.7 Å². The van der Waals surface area contributed by atoms with Crippen LogP contribution in [0.3, 0.4) is 0 Å². The van der Waals surface area contributed by atoms with E-state index in [4.69, 9.17) is 9.84 Å². The zero-order chi connectivity index (χ0) is 10.8. The fraction of sp³-hybridized carbons (Fsp3) is 0.200. The molecule has 0 radical (unpaired) electrons. The molecule has 1 fully saturated rings. The first-order chi connectivity index (χ1) is 7.16. The summed E-state index contributed by atoms with van der Waals surface area (Å²) in [4.78, 5) is 21.4. The summed E-state index contributed by atoms with van der Waals surface area (Å²) in [6.07, 6.45) is -0.761. The van der Waals surface area contributed by atoms with Crippen LogP contribution < -0.4 is 5.32 Å². The maximum absolute atomic E-state index is 10.8. The molecule has 1 atom stereocenters. The van der Waals surface area contributed by atoms with Gasteiger partial charge in [-0.3, -0.25) is 0 Å². The van der Waals surface area contributed by atoms with Crippen molar-refractivity contribution in [2.75, 3.05) is 6.54 Å². The molecule has 1 saturated heterocycles. The van der Waals surface area contributed by atoms with Crippen molar-refractivity contribution < 1.29 is 19.4 Å². The minimum atomic E-state index is -0.969. The average Bonchev–Trinajstić information content (AvgIpc) is 2.65. The van der Waals surface area contributed by atoms with Crippen LogP contribution in [0.25, 0.3) is 0 Å². The number of amides is 1. The Morgan fingerprint density at radius 3 is 2.53 bits per heavy atom. The van der Waals surface area contributed by atoms with Crippen molar-refractivity contribution in [2.24, 2.45) is 0 Å². The Labute approximate surface area is 85.7 Å². The van der Waals surface area contributed by atoms with E-state index in [9.17, 15) is 9.59 Å². The number of carboxylic acid groups (broad SMARTS) is 1. The van der Waals surface area contributed by atoms with Crippen molar-refractivity contribution in [1.82, 2.24) is 5.32 Å². The third-order valence-electron chi connectivity index (χ3n) is 2.21. The van der Waals surface area contributed by atoms with Crippen LogP contribution in [-0.4, -0.2) is 23.7 Å². The highest BCUT2D eigenvalue weighted by Gasteiger charge is 2.23. The molecule has 1 heterocycles. The Balaban J connectivity index is 2.17. The van der Waals surface area contributed by atoms with Gasteiger partial charge >= 0.3 is 12.1 Å². The van der Waals surface area contributed by atoms with Crippen LogP contribution in [0.1, 0.15) is 22.0 Å². The van der Waals surface area contributed by atoms with Crippen molar-refractivity contribution in [1.29, 1.82) is 0 Å². The number of hydrogen-bond donors (Lipinski definition) is 2. The Morgan fingerprint density at radius 1 is 1.40 bits per heavy atom. The first-order valence-corrected chi connectivity index (χ1v) is 4.44.